The lowest BCUT2D eigenvalue weighted by molar-refractivity contribution is 0.0597. The highest BCUT2D eigenvalue weighted by molar-refractivity contribution is 5.92. The smallest absolute Gasteiger partial charge is 0.341 e. The maximum absolute atomic E-state index is 12.2. The summed E-state index contributed by atoms with van der Waals surface area (Å²) >= 11 is 0. The molecule has 0 N–H and O–H groups in total. The minimum absolute atomic E-state index is 0.0195. The number of hydrogen-bond donors (Lipinski definition) is 0. The van der Waals surface area contributed by atoms with Crippen molar-refractivity contribution in [2.45, 2.75) is 12.8 Å². The van der Waals surface area contributed by atoms with Crippen LogP contribution in [0.2, 0.25) is 0 Å². The fraction of sp³-hybridized carbons (Fsp3) is 0.174. The van der Waals surface area contributed by atoms with Crippen molar-refractivity contribution in [3.05, 3.63) is 101 Å². The Labute approximate surface area is 154 Å². The molecule has 0 aliphatic heterocycles. The molecule has 0 aromatic heterocycles. The van der Waals surface area contributed by atoms with Crippen molar-refractivity contribution in [3.8, 4) is 5.75 Å². The molecule has 0 heterocycles. The molecule has 3 heteroatoms. The van der Waals surface area contributed by atoms with E-state index in [9.17, 15) is 4.79 Å². The SMILES string of the molecule is COC(=O)c1cc(C(c2ccccc2)c2ccc(C)cc2)ccc1OC. The molecule has 0 saturated carbocycles. The van der Waals surface area contributed by atoms with Crippen LogP contribution in [0.1, 0.15) is 38.5 Å². The minimum atomic E-state index is -0.403. The van der Waals surface area contributed by atoms with Crippen molar-refractivity contribution < 1.29 is 14.3 Å². The van der Waals surface area contributed by atoms with Gasteiger partial charge in [-0.15, -0.1) is 0 Å². The molecule has 132 valence electrons. The van der Waals surface area contributed by atoms with E-state index in [0.29, 0.717) is 11.3 Å². The van der Waals surface area contributed by atoms with Crippen LogP contribution in [0.5, 0.6) is 5.75 Å². The van der Waals surface area contributed by atoms with Crippen LogP contribution in [0.3, 0.4) is 0 Å². The summed E-state index contributed by atoms with van der Waals surface area (Å²) in [5.74, 6) is 0.127. The van der Waals surface area contributed by atoms with Crippen molar-refractivity contribution >= 4 is 5.97 Å². The Hall–Kier alpha value is -3.07. The zero-order valence-electron chi connectivity index (χ0n) is 15.2. The van der Waals surface area contributed by atoms with Gasteiger partial charge in [0.05, 0.1) is 14.2 Å². The van der Waals surface area contributed by atoms with E-state index in [1.54, 1.807) is 7.11 Å². The molecule has 3 aromatic rings. The van der Waals surface area contributed by atoms with Crippen molar-refractivity contribution in [2.75, 3.05) is 14.2 Å². The third kappa shape index (κ3) is 3.62. The molecule has 0 fully saturated rings. The number of aryl methyl sites for hydroxylation is 1. The summed E-state index contributed by atoms with van der Waals surface area (Å²) in [5.41, 5.74) is 4.99. The van der Waals surface area contributed by atoms with E-state index in [1.165, 1.54) is 18.2 Å². The number of benzene rings is 3. The highest BCUT2D eigenvalue weighted by atomic mass is 16.5. The average Bonchev–Trinajstić information content (AvgIpc) is 2.70. The fourth-order valence-corrected chi connectivity index (χ4v) is 3.16. The number of rotatable bonds is 5. The Bertz CT molecular complexity index is 883. The van der Waals surface area contributed by atoms with Crippen molar-refractivity contribution in [1.82, 2.24) is 0 Å². The van der Waals surface area contributed by atoms with Gasteiger partial charge in [0.15, 0.2) is 0 Å². The van der Waals surface area contributed by atoms with Crippen LogP contribution in [-0.4, -0.2) is 20.2 Å². The summed E-state index contributed by atoms with van der Waals surface area (Å²) in [5, 5.41) is 0. The van der Waals surface area contributed by atoms with Crippen LogP contribution in [0.25, 0.3) is 0 Å². The molecule has 0 aliphatic carbocycles. The van der Waals surface area contributed by atoms with E-state index < -0.39 is 5.97 Å². The lowest BCUT2D eigenvalue weighted by Gasteiger charge is -2.20. The molecule has 1 atom stereocenters. The quantitative estimate of drug-likeness (QED) is 0.483. The summed E-state index contributed by atoms with van der Waals surface area (Å²) in [6.45, 7) is 2.07. The highest BCUT2D eigenvalue weighted by Crippen LogP contribution is 2.34. The number of hydrogen-bond acceptors (Lipinski definition) is 3. The van der Waals surface area contributed by atoms with E-state index >= 15 is 0 Å². The standard InChI is InChI=1S/C23H22O3/c1-16-9-11-18(12-10-16)22(17-7-5-4-6-8-17)19-13-14-21(25-2)20(15-19)23(24)26-3/h4-15,22H,1-3H3. The van der Waals surface area contributed by atoms with Gasteiger partial charge in [0.1, 0.15) is 11.3 Å². The molecule has 0 amide bonds. The number of carbonyl (C=O) groups excluding carboxylic acids is 1. The Kier molecular flexibility index (Phi) is 5.37. The second-order valence-electron chi connectivity index (χ2n) is 6.21. The van der Waals surface area contributed by atoms with Gasteiger partial charge in [-0.3, -0.25) is 0 Å². The average molecular weight is 346 g/mol. The van der Waals surface area contributed by atoms with Gasteiger partial charge in [0.25, 0.3) is 0 Å². The molecular weight excluding hydrogens is 324 g/mol. The maximum atomic E-state index is 12.2. The number of esters is 1. The Morgan fingerprint density at radius 3 is 2.04 bits per heavy atom. The van der Waals surface area contributed by atoms with Gasteiger partial charge in [-0.25, -0.2) is 4.79 Å². The minimum Gasteiger partial charge on any atom is -0.496 e. The molecule has 26 heavy (non-hydrogen) atoms. The van der Waals surface area contributed by atoms with Gasteiger partial charge < -0.3 is 9.47 Å². The molecule has 0 radical (unpaired) electrons. The van der Waals surface area contributed by atoms with E-state index in [0.717, 1.165) is 11.1 Å². The van der Waals surface area contributed by atoms with Crippen LogP contribution in [-0.2, 0) is 4.74 Å². The van der Waals surface area contributed by atoms with Crippen LogP contribution in [0, 0.1) is 6.92 Å². The molecule has 0 saturated heterocycles. The van der Waals surface area contributed by atoms with Gasteiger partial charge in [-0.2, -0.15) is 0 Å². The lowest BCUT2D eigenvalue weighted by Crippen LogP contribution is -2.08. The first kappa shape index (κ1) is 17.7. The molecule has 0 spiro atoms. The van der Waals surface area contributed by atoms with Gasteiger partial charge in [0.2, 0.25) is 0 Å². The first-order chi connectivity index (χ1) is 12.6. The van der Waals surface area contributed by atoms with Gasteiger partial charge >= 0.3 is 5.97 Å². The summed E-state index contributed by atoms with van der Waals surface area (Å²) in [4.78, 5) is 12.2. The summed E-state index contributed by atoms with van der Waals surface area (Å²) < 4.78 is 10.3. The van der Waals surface area contributed by atoms with Crippen molar-refractivity contribution in [1.29, 1.82) is 0 Å². The van der Waals surface area contributed by atoms with Crippen LogP contribution < -0.4 is 4.74 Å². The van der Waals surface area contributed by atoms with Crippen LogP contribution in [0.15, 0.2) is 72.8 Å². The van der Waals surface area contributed by atoms with Gasteiger partial charge in [0, 0.05) is 5.92 Å². The third-order valence-corrected chi connectivity index (χ3v) is 4.51. The van der Waals surface area contributed by atoms with E-state index in [4.69, 9.17) is 9.47 Å². The molecule has 0 aliphatic rings. The normalized spacial score (nSPS) is 11.7. The summed E-state index contributed by atoms with van der Waals surface area (Å²) in [6.07, 6.45) is 0. The summed E-state index contributed by atoms with van der Waals surface area (Å²) in [6, 6.07) is 24.4. The zero-order valence-corrected chi connectivity index (χ0v) is 15.2. The van der Waals surface area contributed by atoms with Gasteiger partial charge in [-0.1, -0.05) is 66.2 Å². The predicted octanol–water partition coefficient (Wildman–Crippen LogP) is 4.97. The fourth-order valence-electron chi connectivity index (χ4n) is 3.16. The first-order valence-electron chi connectivity index (χ1n) is 8.51. The van der Waals surface area contributed by atoms with E-state index in [2.05, 4.69) is 43.3 Å². The summed E-state index contributed by atoms with van der Waals surface area (Å²) in [7, 11) is 2.93. The molecule has 1 unspecified atom stereocenters. The molecule has 3 nitrogen and oxygen atoms in total. The number of methoxy groups -OCH3 is 2. The largest absolute Gasteiger partial charge is 0.496 e. The van der Waals surface area contributed by atoms with E-state index in [-0.39, 0.29) is 5.92 Å². The number of carbonyl (C=O) groups is 1. The third-order valence-electron chi connectivity index (χ3n) is 4.51. The van der Waals surface area contributed by atoms with Crippen molar-refractivity contribution in [3.63, 3.8) is 0 Å². The van der Waals surface area contributed by atoms with Crippen LogP contribution in [0.4, 0.5) is 0 Å². The zero-order chi connectivity index (χ0) is 18.5. The molecular formula is C23H22O3. The molecule has 3 rings (SSSR count). The second-order valence-corrected chi connectivity index (χ2v) is 6.21. The number of ether oxygens (including phenoxy) is 2. The monoisotopic (exact) mass is 346 g/mol. The predicted molar refractivity (Wildman–Crippen MR) is 103 cm³/mol. The molecule has 3 aromatic carbocycles. The Morgan fingerprint density at radius 1 is 0.808 bits per heavy atom. The van der Waals surface area contributed by atoms with Gasteiger partial charge in [-0.05, 0) is 35.7 Å². The second kappa shape index (κ2) is 7.87. The van der Waals surface area contributed by atoms with E-state index in [1.807, 2.05) is 36.4 Å². The van der Waals surface area contributed by atoms with Crippen molar-refractivity contribution in [2.24, 2.45) is 0 Å². The maximum Gasteiger partial charge on any atom is 0.341 e. The highest BCUT2D eigenvalue weighted by Gasteiger charge is 2.20. The topological polar surface area (TPSA) is 35.5 Å². The molecule has 0 bridgehead atoms. The lowest BCUT2D eigenvalue weighted by atomic mass is 9.84. The van der Waals surface area contributed by atoms with Crippen LogP contribution >= 0.6 is 0 Å². The Morgan fingerprint density at radius 2 is 1.42 bits per heavy atom. The first-order valence-corrected chi connectivity index (χ1v) is 8.51. The Balaban J connectivity index is 2.16.